The third-order valence-corrected chi connectivity index (χ3v) is 3.96. The van der Waals surface area contributed by atoms with Gasteiger partial charge in [0.1, 0.15) is 42.7 Å². The summed E-state index contributed by atoms with van der Waals surface area (Å²) in [6, 6.07) is 0. The Morgan fingerprint density at radius 2 is 1.08 bits per heavy atom. The predicted molar refractivity (Wildman–Crippen MR) is 69.7 cm³/mol. The summed E-state index contributed by atoms with van der Waals surface area (Å²) in [6.45, 7) is -1.36. The van der Waals surface area contributed by atoms with Gasteiger partial charge in [-0.05, 0) is 0 Å². The Balaban J connectivity index is 2.00. The van der Waals surface area contributed by atoms with Crippen molar-refractivity contribution in [3.05, 3.63) is 0 Å². The van der Waals surface area contributed by atoms with E-state index in [0.29, 0.717) is 0 Å². The van der Waals surface area contributed by atoms with E-state index in [0.717, 1.165) is 0 Å². The third kappa shape index (κ3) is 3.85. The van der Waals surface area contributed by atoms with Crippen molar-refractivity contribution in [1.82, 2.24) is 0 Å². The Kier molecular flexibility index (Phi) is 6.83. The van der Waals surface area contributed by atoms with Crippen LogP contribution in [0.2, 0.25) is 0 Å². The van der Waals surface area contributed by atoms with Gasteiger partial charge in [0, 0.05) is 0 Å². The zero-order valence-electron chi connectivity index (χ0n) is 12.4. The highest BCUT2D eigenvalue weighted by atomic mass is 17.2. The van der Waals surface area contributed by atoms with Gasteiger partial charge >= 0.3 is 0 Å². The van der Waals surface area contributed by atoms with Crippen LogP contribution in [0.5, 0.6) is 0 Å². The molecule has 0 bridgehead atoms. The van der Waals surface area contributed by atoms with Crippen molar-refractivity contribution in [3.8, 4) is 0 Å². The number of rotatable bonds is 5. The first-order valence-corrected chi connectivity index (χ1v) is 7.25. The number of hydrogen-bond acceptors (Lipinski definition) is 12. The molecule has 2 unspecified atom stereocenters. The van der Waals surface area contributed by atoms with Gasteiger partial charge in [-0.25, -0.2) is 9.78 Å². The third-order valence-electron chi connectivity index (χ3n) is 3.96. The Bertz CT molecular complexity index is 394. The molecule has 142 valence electrons. The minimum atomic E-state index is -1.77. The van der Waals surface area contributed by atoms with Gasteiger partial charge in [-0.15, -0.1) is 0 Å². The summed E-state index contributed by atoms with van der Waals surface area (Å²) >= 11 is 0. The Morgan fingerprint density at radius 1 is 0.583 bits per heavy atom. The molecule has 0 saturated carbocycles. The van der Waals surface area contributed by atoms with Crippen molar-refractivity contribution in [2.24, 2.45) is 0 Å². The van der Waals surface area contributed by atoms with Crippen molar-refractivity contribution in [1.29, 1.82) is 0 Å². The van der Waals surface area contributed by atoms with Gasteiger partial charge in [0.25, 0.3) is 0 Å². The number of aliphatic hydroxyl groups is 8. The minimum absolute atomic E-state index is 0.658. The number of aliphatic hydroxyl groups excluding tert-OH is 8. The summed E-state index contributed by atoms with van der Waals surface area (Å²) in [5.74, 6) is 0. The molecule has 0 radical (unpaired) electrons. The smallest absolute Gasteiger partial charge is 0.187 e. The maximum Gasteiger partial charge on any atom is 0.187 e. The second-order valence-electron chi connectivity index (χ2n) is 5.58. The maximum absolute atomic E-state index is 9.88. The van der Waals surface area contributed by atoms with Crippen molar-refractivity contribution >= 4 is 0 Å². The molecule has 0 aromatic rings. The van der Waals surface area contributed by atoms with Gasteiger partial charge in [-0.1, -0.05) is 0 Å². The molecule has 0 aromatic heterocycles. The molecule has 2 aliphatic heterocycles. The molecule has 12 nitrogen and oxygen atoms in total. The van der Waals surface area contributed by atoms with Crippen molar-refractivity contribution in [3.63, 3.8) is 0 Å². The summed E-state index contributed by atoms with van der Waals surface area (Å²) in [4.78, 5) is 9.62. The van der Waals surface area contributed by atoms with Crippen LogP contribution in [-0.2, 0) is 19.2 Å². The molecule has 2 aliphatic rings. The summed E-state index contributed by atoms with van der Waals surface area (Å²) in [5, 5.41) is 76.2. The lowest BCUT2D eigenvalue weighted by molar-refractivity contribution is -0.445. The second-order valence-corrected chi connectivity index (χ2v) is 5.58. The van der Waals surface area contributed by atoms with Gasteiger partial charge in [0.15, 0.2) is 18.7 Å². The lowest BCUT2D eigenvalue weighted by atomic mass is 9.99. The van der Waals surface area contributed by atoms with E-state index < -0.39 is 74.6 Å². The maximum atomic E-state index is 9.88. The van der Waals surface area contributed by atoms with Gasteiger partial charge in [0.05, 0.1) is 13.2 Å². The first-order valence-electron chi connectivity index (χ1n) is 7.25. The van der Waals surface area contributed by atoms with E-state index in [1.165, 1.54) is 0 Å². The largest absolute Gasteiger partial charge is 0.394 e. The van der Waals surface area contributed by atoms with Crippen molar-refractivity contribution in [2.75, 3.05) is 13.2 Å². The molecule has 0 aliphatic carbocycles. The van der Waals surface area contributed by atoms with Crippen LogP contribution in [-0.4, -0.2) is 115 Å². The zero-order valence-corrected chi connectivity index (χ0v) is 12.4. The fourth-order valence-electron chi connectivity index (χ4n) is 2.49. The molecule has 2 fully saturated rings. The Labute approximate surface area is 135 Å². The van der Waals surface area contributed by atoms with E-state index in [-0.39, 0.29) is 0 Å². The molecule has 2 saturated heterocycles. The van der Waals surface area contributed by atoms with Crippen LogP contribution >= 0.6 is 0 Å². The van der Waals surface area contributed by atoms with Crippen LogP contribution < -0.4 is 0 Å². The monoisotopic (exact) mass is 358 g/mol. The minimum Gasteiger partial charge on any atom is -0.394 e. The average Bonchev–Trinajstić information content (AvgIpc) is 2.57. The molecular weight excluding hydrogens is 336 g/mol. The lowest BCUT2D eigenvalue weighted by Crippen LogP contribution is -2.62. The Morgan fingerprint density at radius 3 is 1.67 bits per heavy atom. The van der Waals surface area contributed by atoms with Gasteiger partial charge < -0.3 is 50.3 Å². The highest BCUT2D eigenvalue weighted by molar-refractivity contribution is 4.91. The van der Waals surface area contributed by atoms with E-state index in [1.807, 2.05) is 0 Å². The molecule has 0 amide bonds. The fourth-order valence-corrected chi connectivity index (χ4v) is 2.49. The van der Waals surface area contributed by atoms with Crippen LogP contribution in [0.1, 0.15) is 0 Å². The van der Waals surface area contributed by atoms with Gasteiger partial charge in [-0.2, -0.15) is 0 Å². The quantitative estimate of drug-likeness (QED) is 0.172. The second kappa shape index (κ2) is 8.27. The van der Waals surface area contributed by atoms with Crippen LogP contribution in [0.3, 0.4) is 0 Å². The Hall–Kier alpha value is -0.480. The van der Waals surface area contributed by atoms with E-state index in [1.54, 1.807) is 0 Å². The fraction of sp³-hybridized carbons (Fsp3) is 1.00. The first kappa shape index (κ1) is 19.8. The highest BCUT2D eigenvalue weighted by Crippen LogP contribution is 2.26. The van der Waals surface area contributed by atoms with Crippen LogP contribution in [0, 0.1) is 0 Å². The molecule has 0 spiro atoms. The SMILES string of the molecule is OC[C@H]1OC(O)[C@H](OO[C@H]2[C@H](O)[C@H](O)C(O)O[C@@H]2CO)[C@@H](O)[C@@H]1O. The average molecular weight is 358 g/mol. The van der Waals surface area contributed by atoms with E-state index in [2.05, 4.69) is 0 Å². The van der Waals surface area contributed by atoms with Gasteiger partial charge in [-0.3, -0.25) is 0 Å². The summed E-state index contributed by atoms with van der Waals surface area (Å²) < 4.78 is 9.68. The lowest BCUT2D eigenvalue weighted by Gasteiger charge is -2.42. The van der Waals surface area contributed by atoms with Crippen molar-refractivity contribution < 1.29 is 60.1 Å². The molecule has 24 heavy (non-hydrogen) atoms. The summed E-state index contributed by atoms with van der Waals surface area (Å²) in [6.07, 6.45) is -15.9. The topological polar surface area (TPSA) is 199 Å². The molecule has 2 rings (SSSR count). The van der Waals surface area contributed by atoms with Crippen LogP contribution in [0.4, 0.5) is 0 Å². The highest BCUT2D eigenvalue weighted by Gasteiger charge is 2.48. The number of ether oxygens (including phenoxy) is 2. The van der Waals surface area contributed by atoms with E-state index in [4.69, 9.17) is 24.4 Å². The standard InChI is InChI=1S/C12H22O12/c13-1-3-5(15)6(16)10(12(20)21-3)24-23-9-4(2-14)22-11(19)8(18)7(9)17/h3-20H,1-2H2/t3-,4-,5-,6+,7-,8+,9-,10-,11?,12?/m1/s1. The number of hydrogen-bond donors (Lipinski definition) is 8. The molecule has 2 heterocycles. The first-order chi connectivity index (χ1) is 11.3. The van der Waals surface area contributed by atoms with Crippen LogP contribution in [0.15, 0.2) is 0 Å². The van der Waals surface area contributed by atoms with Crippen molar-refractivity contribution in [2.45, 2.75) is 61.4 Å². The summed E-state index contributed by atoms with van der Waals surface area (Å²) in [5.41, 5.74) is 0. The molecule has 0 aromatic carbocycles. The summed E-state index contributed by atoms with van der Waals surface area (Å²) in [7, 11) is 0. The van der Waals surface area contributed by atoms with E-state index in [9.17, 15) is 35.7 Å². The van der Waals surface area contributed by atoms with E-state index >= 15 is 0 Å². The molecule has 10 atom stereocenters. The molecular formula is C12H22O12. The molecule has 8 N–H and O–H groups in total. The molecule has 12 heteroatoms. The predicted octanol–water partition coefficient (Wildman–Crippen LogP) is -5.47. The normalized spacial score (nSPS) is 50.0. The van der Waals surface area contributed by atoms with Gasteiger partial charge in [0.2, 0.25) is 0 Å². The zero-order chi connectivity index (χ0) is 18.0. The van der Waals surface area contributed by atoms with Crippen LogP contribution in [0.25, 0.3) is 0 Å².